The van der Waals surface area contributed by atoms with Gasteiger partial charge in [0.2, 0.25) is 0 Å². The summed E-state index contributed by atoms with van der Waals surface area (Å²) in [6, 6.07) is 3.11. The lowest BCUT2D eigenvalue weighted by Gasteiger charge is -2.21. The van der Waals surface area contributed by atoms with Crippen LogP contribution in [0.4, 0.5) is 0 Å². The van der Waals surface area contributed by atoms with E-state index in [0.29, 0.717) is 17.8 Å². The van der Waals surface area contributed by atoms with E-state index in [1.165, 1.54) is 6.07 Å². The molecule has 1 aliphatic heterocycles. The largest absolute Gasteiger partial charge is 0.508 e. The Morgan fingerprint density at radius 1 is 1.39 bits per heavy atom. The van der Waals surface area contributed by atoms with E-state index in [1.54, 1.807) is 22.9 Å². The maximum Gasteiger partial charge on any atom is 0.160 e. The number of hydrogen-bond donors (Lipinski definition) is 1. The van der Waals surface area contributed by atoms with Crippen molar-refractivity contribution in [1.29, 1.82) is 0 Å². The fourth-order valence-electron chi connectivity index (χ4n) is 2.49. The summed E-state index contributed by atoms with van der Waals surface area (Å²) in [6.45, 7) is 0. The highest BCUT2D eigenvalue weighted by Gasteiger charge is 2.33. The van der Waals surface area contributed by atoms with Crippen LogP contribution in [0, 0.1) is 0 Å². The molecule has 1 saturated heterocycles. The molecule has 1 atom stereocenters. The Kier molecular flexibility index (Phi) is 2.55. The van der Waals surface area contributed by atoms with Crippen molar-refractivity contribution in [3.8, 4) is 5.75 Å². The van der Waals surface area contributed by atoms with E-state index in [9.17, 15) is 13.5 Å². The Morgan fingerprint density at radius 3 is 3.00 bits per heavy atom. The summed E-state index contributed by atoms with van der Waals surface area (Å²) in [5.41, 5.74) is 0.714. The molecule has 0 bridgehead atoms. The molecule has 0 radical (unpaired) electrons. The zero-order chi connectivity index (χ0) is 12.8. The second-order valence-corrected chi connectivity index (χ2v) is 6.95. The lowest BCUT2D eigenvalue weighted by molar-refractivity contribution is 0.475. The lowest BCUT2D eigenvalue weighted by atomic mass is 10.2. The van der Waals surface area contributed by atoms with Gasteiger partial charge in [-0.2, -0.15) is 0 Å². The number of imidazole rings is 1. The summed E-state index contributed by atoms with van der Waals surface area (Å²) in [6.07, 6.45) is 5.54. The van der Waals surface area contributed by atoms with Crippen LogP contribution < -0.4 is 0 Å². The van der Waals surface area contributed by atoms with Gasteiger partial charge in [0, 0.05) is 12.3 Å². The molecule has 0 saturated carbocycles. The second-order valence-electron chi connectivity index (χ2n) is 4.65. The maximum absolute atomic E-state index is 12.1. The normalized spacial score (nSPS) is 23.2. The summed E-state index contributed by atoms with van der Waals surface area (Å²) < 4.78 is 25.9. The highest BCUT2D eigenvalue weighted by atomic mass is 32.2. The highest BCUT2D eigenvalue weighted by molar-refractivity contribution is 7.91. The minimum atomic E-state index is -3.09. The predicted molar refractivity (Wildman–Crippen MR) is 67.2 cm³/mol. The molecule has 0 spiro atoms. The van der Waals surface area contributed by atoms with Crippen molar-refractivity contribution in [2.45, 2.75) is 24.5 Å². The first-order valence-electron chi connectivity index (χ1n) is 5.95. The van der Waals surface area contributed by atoms with Crippen LogP contribution in [-0.2, 0) is 9.84 Å². The number of hydrogen-bond acceptors (Lipinski definition) is 4. The second kappa shape index (κ2) is 3.98. The molecule has 3 heterocycles. The first kappa shape index (κ1) is 11.5. The van der Waals surface area contributed by atoms with Crippen LogP contribution in [0.3, 0.4) is 0 Å². The van der Waals surface area contributed by atoms with E-state index in [0.717, 1.165) is 12.8 Å². The van der Waals surface area contributed by atoms with E-state index in [4.69, 9.17) is 0 Å². The number of rotatable bonds is 1. The molecule has 1 N–H and O–H groups in total. The van der Waals surface area contributed by atoms with Crippen LogP contribution >= 0.6 is 0 Å². The van der Waals surface area contributed by atoms with Crippen LogP contribution in [0.1, 0.15) is 30.3 Å². The average molecular weight is 266 g/mol. The molecule has 5 nitrogen and oxygen atoms in total. The first-order chi connectivity index (χ1) is 8.58. The van der Waals surface area contributed by atoms with Crippen molar-refractivity contribution >= 4 is 15.4 Å². The van der Waals surface area contributed by atoms with Gasteiger partial charge in [0.1, 0.15) is 16.8 Å². The molecule has 1 fully saturated rings. The quantitative estimate of drug-likeness (QED) is 0.852. The summed E-state index contributed by atoms with van der Waals surface area (Å²) >= 11 is 0. The molecule has 2 aromatic heterocycles. The molecule has 96 valence electrons. The van der Waals surface area contributed by atoms with Gasteiger partial charge in [0.15, 0.2) is 9.84 Å². The van der Waals surface area contributed by atoms with E-state index in [1.807, 2.05) is 0 Å². The number of aromatic hydroxyl groups is 1. The summed E-state index contributed by atoms with van der Waals surface area (Å²) in [5.74, 6) is 0.954. The third kappa shape index (κ3) is 1.77. The molecule has 0 aromatic carbocycles. The Hall–Kier alpha value is -1.56. The van der Waals surface area contributed by atoms with Crippen LogP contribution in [0.25, 0.3) is 5.52 Å². The molecule has 1 aliphatic rings. The van der Waals surface area contributed by atoms with Crippen LogP contribution in [0.2, 0.25) is 0 Å². The topological polar surface area (TPSA) is 71.7 Å². The van der Waals surface area contributed by atoms with Gasteiger partial charge in [-0.25, -0.2) is 13.4 Å². The monoisotopic (exact) mass is 266 g/mol. The number of sulfone groups is 1. The average Bonchev–Trinajstić information content (AvgIpc) is 2.71. The van der Waals surface area contributed by atoms with Gasteiger partial charge in [-0.3, -0.25) is 0 Å². The third-order valence-electron chi connectivity index (χ3n) is 3.41. The maximum atomic E-state index is 12.1. The standard InChI is InChI=1S/C12H14N2O3S/c15-10-4-5-14-9(7-10)8-13-12(14)11-3-1-2-6-18(11,16)17/h4-5,7-8,11,15H,1-3,6H2. The number of nitrogens with zero attached hydrogens (tertiary/aromatic N) is 2. The molecule has 3 rings (SSSR count). The molecule has 0 amide bonds. The van der Waals surface area contributed by atoms with E-state index < -0.39 is 15.1 Å². The number of aromatic nitrogens is 2. The zero-order valence-corrected chi connectivity index (χ0v) is 10.6. The number of fused-ring (bicyclic) bond motifs is 1. The van der Waals surface area contributed by atoms with Crippen molar-refractivity contribution in [3.63, 3.8) is 0 Å². The van der Waals surface area contributed by atoms with Gasteiger partial charge in [0.05, 0.1) is 17.5 Å². The van der Waals surface area contributed by atoms with Gasteiger partial charge in [-0.1, -0.05) is 6.42 Å². The SMILES string of the molecule is O=S1(=O)CCCCC1c1ncc2cc(O)ccn12. The summed E-state index contributed by atoms with van der Waals surface area (Å²) in [5, 5.41) is 8.88. The lowest BCUT2D eigenvalue weighted by Crippen LogP contribution is -2.23. The molecule has 1 unspecified atom stereocenters. The first-order valence-corrected chi connectivity index (χ1v) is 7.67. The molecule has 6 heteroatoms. The molecule has 18 heavy (non-hydrogen) atoms. The van der Waals surface area contributed by atoms with E-state index in [2.05, 4.69) is 4.98 Å². The van der Waals surface area contributed by atoms with E-state index in [-0.39, 0.29) is 11.5 Å². The number of pyridine rings is 1. The molecular weight excluding hydrogens is 252 g/mol. The minimum Gasteiger partial charge on any atom is -0.508 e. The van der Waals surface area contributed by atoms with Gasteiger partial charge in [0.25, 0.3) is 0 Å². The van der Waals surface area contributed by atoms with Crippen LogP contribution in [0.5, 0.6) is 5.75 Å². The van der Waals surface area contributed by atoms with Gasteiger partial charge < -0.3 is 9.51 Å². The predicted octanol–water partition coefficient (Wildman–Crippen LogP) is 1.68. The van der Waals surface area contributed by atoms with Crippen LogP contribution in [0.15, 0.2) is 24.5 Å². The van der Waals surface area contributed by atoms with Crippen molar-refractivity contribution in [2.24, 2.45) is 0 Å². The Labute approximate surface area is 105 Å². The van der Waals surface area contributed by atoms with Crippen molar-refractivity contribution < 1.29 is 13.5 Å². The molecule has 2 aromatic rings. The highest BCUT2D eigenvalue weighted by Crippen LogP contribution is 2.33. The van der Waals surface area contributed by atoms with Crippen molar-refractivity contribution in [1.82, 2.24) is 9.38 Å². The van der Waals surface area contributed by atoms with Gasteiger partial charge >= 0.3 is 0 Å². The van der Waals surface area contributed by atoms with Crippen LogP contribution in [-0.4, -0.2) is 28.7 Å². The molecular formula is C12H14N2O3S. The smallest absolute Gasteiger partial charge is 0.160 e. The van der Waals surface area contributed by atoms with Crippen molar-refractivity contribution in [3.05, 3.63) is 30.4 Å². The fraction of sp³-hybridized carbons (Fsp3) is 0.417. The third-order valence-corrected chi connectivity index (χ3v) is 5.58. The van der Waals surface area contributed by atoms with Crippen molar-refractivity contribution in [2.75, 3.05) is 5.75 Å². The van der Waals surface area contributed by atoms with E-state index >= 15 is 0 Å². The zero-order valence-electron chi connectivity index (χ0n) is 9.78. The van der Waals surface area contributed by atoms with Gasteiger partial charge in [-0.05, 0) is 18.9 Å². The molecule has 0 aliphatic carbocycles. The Morgan fingerprint density at radius 2 is 2.22 bits per heavy atom. The summed E-state index contributed by atoms with van der Waals surface area (Å²) in [4.78, 5) is 4.23. The summed E-state index contributed by atoms with van der Waals surface area (Å²) in [7, 11) is -3.09. The Balaban J connectivity index is 2.14. The van der Waals surface area contributed by atoms with Gasteiger partial charge in [-0.15, -0.1) is 0 Å². The minimum absolute atomic E-state index is 0.153. The fourth-order valence-corrected chi connectivity index (χ4v) is 4.40. The Bertz CT molecular complexity index is 690.